The minimum Gasteiger partial charge on any atom is -0.328 e. The van der Waals surface area contributed by atoms with Crippen molar-refractivity contribution in [2.24, 2.45) is 17.5 Å². The van der Waals surface area contributed by atoms with Crippen molar-refractivity contribution in [2.75, 3.05) is 6.54 Å². The number of hydrogen-bond acceptors (Lipinski definition) is 3. The zero-order valence-electron chi connectivity index (χ0n) is 8.28. The monoisotopic (exact) mass is 183 g/mol. The van der Waals surface area contributed by atoms with Crippen LogP contribution in [0.2, 0.25) is 0 Å². The summed E-state index contributed by atoms with van der Waals surface area (Å²) in [5, 5.41) is 2.05. The van der Waals surface area contributed by atoms with Gasteiger partial charge < -0.3 is 5.73 Å². The van der Waals surface area contributed by atoms with Gasteiger partial charge in [0.05, 0.1) is 0 Å². The Hall–Kier alpha value is -0.120. The van der Waals surface area contributed by atoms with Crippen LogP contribution in [0.3, 0.4) is 0 Å². The van der Waals surface area contributed by atoms with Crippen LogP contribution in [0.5, 0.6) is 0 Å². The van der Waals surface area contributed by atoms with E-state index in [1.54, 1.807) is 0 Å². The first-order valence-electron chi connectivity index (χ1n) is 5.52. The Morgan fingerprint density at radius 1 is 1.08 bits per heavy atom. The molecule has 0 aromatic carbocycles. The average molecular weight is 183 g/mol. The largest absolute Gasteiger partial charge is 0.328 e. The number of hydrogen-bond donors (Lipinski definition) is 2. The van der Waals surface area contributed by atoms with Crippen LogP contribution in [-0.2, 0) is 0 Å². The van der Waals surface area contributed by atoms with E-state index in [0.29, 0.717) is 12.1 Å². The molecule has 4 N–H and O–H groups in total. The zero-order chi connectivity index (χ0) is 9.26. The minimum absolute atomic E-state index is 0.390. The summed E-state index contributed by atoms with van der Waals surface area (Å²) in [6, 6.07) is 0.946. The second kappa shape index (κ2) is 3.95. The summed E-state index contributed by atoms with van der Waals surface area (Å²) in [7, 11) is 0. The maximum absolute atomic E-state index is 6.07. The van der Waals surface area contributed by atoms with Crippen LogP contribution in [0.15, 0.2) is 0 Å². The van der Waals surface area contributed by atoms with Gasteiger partial charge in [0.25, 0.3) is 0 Å². The highest BCUT2D eigenvalue weighted by Gasteiger charge is 2.29. The maximum Gasteiger partial charge on any atom is 0.0256 e. The van der Waals surface area contributed by atoms with Crippen LogP contribution >= 0.6 is 0 Å². The highest BCUT2D eigenvalue weighted by molar-refractivity contribution is 4.84. The standard InChI is InChI=1S/C10H21N3/c11-9-5-8-3-1-2-4-10(6-9)13(12)7-8/h8-10H,1-7,11-12H2/t8-,9-,10+/m1/s1. The van der Waals surface area contributed by atoms with Gasteiger partial charge in [0.2, 0.25) is 0 Å². The van der Waals surface area contributed by atoms with E-state index >= 15 is 0 Å². The van der Waals surface area contributed by atoms with E-state index < -0.39 is 0 Å². The first kappa shape index (κ1) is 9.44. The number of nitrogens with two attached hydrogens (primary N) is 2. The molecule has 0 unspecified atom stereocenters. The van der Waals surface area contributed by atoms with Crippen molar-refractivity contribution in [1.82, 2.24) is 5.01 Å². The fourth-order valence-electron chi connectivity index (χ4n) is 2.84. The van der Waals surface area contributed by atoms with Crippen molar-refractivity contribution in [3.05, 3.63) is 0 Å². The summed E-state index contributed by atoms with van der Waals surface area (Å²) >= 11 is 0. The molecule has 2 bridgehead atoms. The van der Waals surface area contributed by atoms with E-state index in [9.17, 15) is 0 Å². The first-order valence-corrected chi connectivity index (χ1v) is 5.52. The van der Waals surface area contributed by atoms with Gasteiger partial charge in [-0.2, -0.15) is 0 Å². The molecular weight excluding hydrogens is 162 g/mol. The first-order chi connectivity index (χ1) is 6.25. The molecular formula is C10H21N3. The van der Waals surface area contributed by atoms with Crippen molar-refractivity contribution in [1.29, 1.82) is 0 Å². The Bertz CT molecular complexity index is 172. The third-order valence-corrected chi connectivity index (χ3v) is 3.55. The molecule has 2 aliphatic heterocycles. The molecule has 3 atom stereocenters. The zero-order valence-corrected chi connectivity index (χ0v) is 8.28. The molecule has 2 rings (SSSR count). The smallest absolute Gasteiger partial charge is 0.0256 e. The van der Waals surface area contributed by atoms with Crippen molar-refractivity contribution >= 4 is 0 Å². The van der Waals surface area contributed by atoms with E-state index in [-0.39, 0.29) is 0 Å². The second-order valence-electron chi connectivity index (χ2n) is 4.73. The van der Waals surface area contributed by atoms with Gasteiger partial charge in [-0.1, -0.05) is 12.8 Å². The SMILES string of the molecule is N[C@@H]1C[C@H]2CCCC[C@@H](C1)N(N)C2. The molecule has 0 aliphatic carbocycles. The van der Waals surface area contributed by atoms with Crippen LogP contribution in [0.1, 0.15) is 38.5 Å². The lowest BCUT2D eigenvalue weighted by atomic mass is 9.95. The molecule has 2 fully saturated rings. The molecule has 2 heterocycles. The highest BCUT2D eigenvalue weighted by Crippen LogP contribution is 2.28. The minimum atomic E-state index is 0.390. The van der Waals surface area contributed by atoms with E-state index in [2.05, 4.69) is 5.01 Å². The number of fused-ring (bicyclic) bond motifs is 3. The van der Waals surface area contributed by atoms with E-state index in [0.717, 1.165) is 18.9 Å². The van der Waals surface area contributed by atoms with Gasteiger partial charge >= 0.3 is 0 Å². The van der Waals surface area contributed by atoms with Crippen molar-refractivity contribution in [3.63, 3.8) is 0 Å². The van der Waals surface area contributed by atoms with E-state index in [1.807, 2.05) is 0 Å². The molecule has 2 saturated heterocycles. The van der Waals surface area contributed by atoms with E-state index in [4.69, 9.17) is 11.6 Å². The molecule has 13 heavy (non-hydrogen) atoms. The Morgan fingerprint density at radius 2 is 1.85 bits per heavy atom. The number of hydrazine groups is 1. The van der Waals surface area contributed by atoms with Crippen LogP contribution in [0.4, 0.5) is 0 Å². The molecule has 0 radical (unpaired) electrons. The van der Waals surface area contributed by atoms with Gasteiger partial charge in [0.15, 0.2) is 0 Å². The summed E-state index contributed by atoms with van der Waals surface area (Å²) in [5.41, 5.74) is 6.07. The van der Waals surface area contributed by atoms with Gasteiger partial charge in [-0.05, 0) is 31.6 Å². The summed E-state index contributed by atoms with van der Waals surface area (Å²) in [4.78, 5) is 0. The molecule has 0 spiro atoms. The predicted molar refractivity (Wildman–Crippen MR) is 53.8 cm³/mol. The van der Waals surface area contributed by atoms with Crippen molar-refractivity contribution in [2.45, 2.75) is 50.6 Å². The van der Waals surface area contributed by atoms with Crippen LogP contribution in [0.25, 0.3) is 0 Å². The summed E-state index contributed by atoms with van der Waals surface area (Å²) in [6.45, 7) is 1.07. The van der Waals surface area contributed by atoms with Crippen LogP contribution in [-0.4, -0.2) is 23.6 Å². The molecule has 0 saturated carbocycles. The molecule has 0 aromatic heterocycles. The lowest BCUT2D eigenvalue weighted by Crippen LogP contribution is -2.43. The van der Waals surface area contributed by atoms with Gasteiger partial charge in [-0.3, -0.25) is 5.84 Å². The van der Waals surface area contributed by atoms with Crippen molar-refractivity contribution in [3.8, 4) is 0 Å². The van der Waals surface area contributed by atoms with Gasteiger partial charge in [-0.15, -0.1) is 0 Å². The van der Waals surface area contributed by atoms with Crippen LogP contribution < -0.4 is 11.6 Å². The van der Waals surface area contributed by atoms with Gasteiger partial charge in [0, 0.05) is 18.6 Å². The van der Waals surface area contributed by atoms with E-state index in [1.165, 1.54) is 32.1 Å². The van der Waals surface area contributed by atoms with Gasteiger partial charge in [0.1, 0.15) is 0 Å². The average Bonchev–Trinajstić information content (AvgIpc) is 2.16. The summed E-state index contributed by atoms with van der Waals surface area (Å²) in [5.74, 6) is 6.78. The number of nitrogens with zero attached hydrogens (tertiary/aromatic N) is 1. The lowest BCUT2D eigenvalue weighted by Gasteiger charge is -2.29. The molecule has 3 heteroatoms. The third kappa shape index (κ3) is 2.22. The highest BCUT2D eigenvalue weighted by atomic mass is 15.4. The molecule has 2 aliphatic rings. The molecule has 3 nitrogen and oxygen atoms in total. The Morgan fingerprint density at radius 3 is 2.69 bits per heavy atom. The van der Waals surface area contributed by atoms with Gasteiger partial charge in [-0.25, -0.2) is 5.01 Å². The fraction of sp³-hybridized carbons (Fsp3) is 1.00. The topological polar surface area (TPSA) is 55.3 Å². The Kier molecular flexibility index (Phi) is 2.86. The van der Waals surface area contributed by atoms with Crippen molar-refractivity contribution < 1.29 is 0 Å². The molecule has 0 amide bonds. The second-order valence-corrected chi connectivity index (χ2v) is 4.73. The molecule has 0 aromatic rings. The quantitative estimate of drug-likeness (QED) is 0.547. The third-order valence-electron chi connectivity index (χ3n) is 3.55. The lowest BCUT2D eigenvalue weighted by molar-refractivity contribution is 0.153. The number of rotatable bonds is 0. The maximum atomic E-state index is 6.07. The fourth-order valence-corrected chi connectivity index (χ4v) is 2.84. The summed E-state index contributed by atoms with van der Waals surface area (Å²) in [6.07, 6.45) is 7.57. The Labute approximate surface area is 80.4 Å². The molecule has 76 valence electrons. The van der Waals surface area contributed by atoms with Crippen LogP contribution in [0, 0.1) is 5.92 Å². The Balaban J connectivity index is 2.09. The normalized spacial score (nSPS) is 42.5. The predicted octanol–water partition coefficient (Wildman–Crippen LogP) is 0.842. The summed E-state index contributed by atoms with van der Waals surface area (Å²) < 4.78 is 0.